The summed E-state index contributed by atoms with van der Waals surface area (Å²) in [5, 5.41) is 0.341. The molecule has 1 fully saturated rings. The van der Waals surface area contributed by atoms with Crippen LogP contribution in [-0.2, 0) is 20.0 Å². The highest BCUT2D eigenvalue weighted by Gasteiger charge is 2.28. The maximum Gasteiger partial charge on any atom is 0.262 e. The molecule has 0 bridgehead atoms. The van der Waals surface area contributed by atoms with Gasteiger partial charge in [-0.15, -0.1) is 0 Å². The van der Waals surface area contributed by atoms with E-state index >= 15 is 0 Å². The molecule has 9 heteroatoms. The van der Waals surface area contributed by atoms with Gasteiger partial charge in [0.25, 0.3) is 10.0 Å². The molecule has 1 saturated carbocycles. The van der Waals surface area contributed by atoms with E-state index in [9.17, 15) is 16.8 Å². The summed E-state index contributed by atoms with van der Waals surface area (Å²) in [6.07, 6.45) is 1.64. The van der Waals surface area contributed by atoms with E-state index in [2.05, 4.69) is 9.44 Å². The molecule has 0 aromatic heterocycles. The fraction of sp³-hybridized carbons (Fsp3) is 0.250. The molecular formula is C16H17ClN2O4S2. The van der Waals surface area contributed by atoms with Crippen molar-refractivity contribution in [2.45, 2.75) is 35.6 Å². The van der Waals surface area contributed by atoms with Gasteiger partial charge in [-0.3, -0.25) is 4.72 Å². The lowest BCUT2D eigenvalue weighted by molar-refractivity contribution is 0.580. The van der Waals surface area contributed by atoms with Gasteiger partial charge < -0.3 is 0 Å². The summed E-state index contributed by atoms with van der Waals surface area (Å²) in [7, 11) is -7.55. The summed E-state index contributed by atoms with van der Waals surface area (Å²) in [4.78, 5) is 0.0618. The van der Waals surface area contributed by atoms with Crippen molar-refractivity contribution in [3.05, 3.63) is 53.1 Å². The molecule has 25 heavy (non-hydrogen) atoms. The maximum atomic E-state index is 12.6. The van der Waals surface area contributed by atoms with Gasteiger partial charge in [0.2, 0.25) is 10.0 Å². The van der Waals surface area contributed by atoms with Crippen molar-refractivity contribution in [1.29, 1.82) is 0 Å². The van der Waals surface area contributed by atoms with Crippen LogP contribution in [0.25, 0.3) is 0 Å². The van der Waals surface area contributed by atoms with E-state index in [1.807, 2.05) is 0 Å². The van der Waals surface area contributed by atoms with Crippen LogP contribution in [0.3, 0.4) is 0 Å². The zero-order valence-electron chi connectivity index (χ0n) is 13.4. The Bertz CT molecular complexity index is 1020. The minimum atomic E-state index is -3.89. The zero-order valence-corrected chi connectivity index (χ0v) is 15.7. The fourth-order valence-corrected chi connectivity index (χ4v) is 5.20. The molecule has 0 heterocycles. The number of rotatable bonds is 6. The van der Waals surface area contributed by atoms with Gasteiger partial charge in [-0.1, -0.05) is 23.7 Å². The van der Waals surface area contributed by atoms with Crippen LogP contribution < -0.4 is 9.44 Å². The first-order valence-corrected chi connectivity index (χ1v) is 10.9. The molecule has 1 aliphatic carbocycles. The Morgan fingerprint density at radius 1 is 1.00 bits per heavy atom. The van der Waals surface area contributed by atoms with E-state index in [0.29, 0.717) is 10.6 Å². The van der Waals surface area contributed by atoms with E-state index in [1.54, 1.807) is 19.1 Å². The number of hydrogen-bond acceptors (Lipinski definition) is 4. The molecule has 3 rings (SSSR count). The fourth-order valence-electron chi connectivity index (χ4n) is 2.30. The second-order valence-electron chi connectivity index (χ2n) is 5.89. The second kappa shape index (κ2) is 6.60. The van der Waals surface area contributed by atoms with Gasteiger partial charge in [0, 0.05) is 11.1 Å². The van der Waals surface area contributed by atoms with Crippen molar-refractivity contribution in [3.8, 4) is 0 Å². The largest absolute Gasteiger partial charge is 0.280 e. The van der Waals surface area contributed by atoms with Crippen LogP contribution in [0.1, 0.15) is 18.4 Å². The van der Waals surface area contributed by atoms with Crippen molar-refractivity contribution < 1.29 is 16.8 Å². The molecular weight excluding hydrogens is 384 g/mol. The molecule has 2 aromatic carbocycles. The van der Waals surface area contributed by atoms with E-state index in [0.717, 1.165) is 12.8 Å². The Hall–Kier alpha value is -1.61. The van der Waals surface area contributed by atoms with Gasteiger partial charge in [-0.25, -0.2) is 21.6 Å². The summed E-state index contributed by atoms with van der Waals surface area (Å²) in [6, 6.07) is 10.3. The monoisotopic (exact) mass is 400 g/mol. The predicted octanol–water partition coefficient (Wildman–Crippen LogP) is 2.89. The molecule has 0 atom stereocenters. The van der Waals surface area contributed by atoms with Crippen LogP contribution in [0.15, 0.2) is 52.3 Å². The van der Waals surface area contributed by atoms with Crippen LogP contribution in [-0.4, -0.2) is 22.9 Å². The Morgan fingerprint density at radius 2 is 1.68 bits per heavy atom. The summed E-state index contributed by atoms with van der Waals surface area (Å²) in [6.45, 7) is 1.61. The highest BCUT2D eigenvalue weighted by molar-refractivity contribution is 7.92. The van der Waals surface area contributed by atoms with Gasteiger partial charge in [0.1, 0.15) is 0 Å². The Kier molecular flexibility index (Phi) is 4.80. The molecule has 0 unspecified atom stereocenters. The Morgan fingerprint density at radius 3 is 2.36 bits per heavy atom. The predicted molar refractivity (Wildman–Crippen MR) is 96.8 cm³/mol. The topological polar surface area (TPSA) is 92.3 Å². The van der Waals surface area contributed by atoms with Crippen LogP contribution in [0, 0.1) is 6.92 Å². The zero-order chi connectivity index (χ0) is 18.2. The van der Waals surface area contributed by atoms with Crippen molar-refractivity contribution in [2.24, 2.45) is 0 Å². The molecule has 1 aliphatic rings. The van der Waals surface area contributed by atoms with E-state index in [-0.39, 0.29) is 21.5 Å². The van der Waals surface area contributed by atoms with Crippen molar-refractivity contribution in [2.75, 3.05) is 4.72 Å². The Labute approximate surface area is 152 Å². The third-order valence-corrected chi connectivity index (χ3v) is 7.26. The van der Waals surface area contributed by atoms with Crippen LogP contribution >= 0.6 is 11.6 Å². The molecule has 0 radical (unpaired) electrons. The minimum absolute atomic E-state index is 0.0161. The Balaban J connectivity index is 1.90. The van der Waals surface area contributed by atoms with Gasteiger partial charge in [-0.05, 0) is 55.7 Å². The molecule has 0 saturated heterocycles. The van der Waals surface area contributed by atoms with Gasteiger partial charge in [0.05, 0.1) is 15.5 Å². The maximum absolute atomic E-state index is 12.6. The van der Waals surface area contributed by atoms with E-state index in [4.69, 9.17) is 11.6 Å². The molecule has 0 aliphatic heterocycles. The molecule has 134 valence electrons. The first-order chi connectivity index (χ1) is 11.7. The first kappa shape index (κ1) is 18.2. The highest BCUT2D eigenvalue weighted by Crippen LogP contribution is 2.26. The molecule has 6 nitrogen and oxygen atoms in total. The minimum Gasteiger partial charge on any atom is -0.280 e. The SMILES string of the molecule is Cc1c(Cl)cccc1S(=O)(=O)Nc1cccc(S(=O)(=O)NC2CC2)c1. The highest BCUT2D eigenvalue weighted by atomic mass is 35.5. The summed E-state index contributed by atoms with van der Waals surface area (Å²) < 4.78 is 54.7. The number of hydrogen-bond donors (Lipinski definition) is 2. The number of benzene rings is 2. The van der Waals surface area contributed by atoms with Crippen molar-refractivity contribution in [1.82, 2.24) is 4.72 Å². The van der Waals surface area contributed by atoms with E-state index < -0.39 is 20.0 Å². The smallest absolute Gasteiger partial charge is 0.262 e. The number of nitrogens with one attached hydrogen (secondary N) is 2. The number of halogens is 1. The molecule has 0 amide bonds. The number of sulfonamides is 2. The van der Waals surface area contributed by atoms with Crippen LogP contribution in [0.4, 0.5) is 5.69 Å². The van der Waals surface area contributed by atoms with Crippen molar-refractivity contribution in [3.63, 3.8) is 0 Å². The molecule has 2 aromatic rings. The lowest BCUT2D eigenvalue weighted by Crippen LogP contribution is -2.25. The average Bonchev–Trinajstić information content (AvgIpc) is 3.33. The first-order valence-electron chi connectivity index (χ1n) is 7.59. The normalized spacial score (nSPS) is 15.1. The van der Waals surface area contributed by atoms with Crippen molar-refractivity contribution >= 4 is 37.3 Å². The third-order valence-electron chi connectivity index (χ3n) is 3.80. The quantitative estimate of drug-likeness (QED) is 0.779. The second-order valence-corrected chi connectivity index (χ2v) is 9.66. The van der Waals surface area contributed by atoms with Crippen LogP contribution in [0.2, 0.25) is 5.02 Å². The van der Waals surface area contributed by atoms with Gasteiger partial charge >= 0.3 is 0 Å². The molecule has 0 spiro atoms. The lowest BCUT2D eigenvalue weighted by Gasteiger charge is -2.12. The van der Waals surface area contributed by atoms with E-state index in [1.165, 1.54) is 30.3 Å². The van der Waals surface area contributed by atoms with Gasteiger partial charge in [-0.2, -0.15) is 0 Å². The third kappa shape index (κ3) is 4.14. The lowest BCUT2D eigenvalue weighted by atomic mass is 10.2. The number of anilines is 1. The standard InChI is InChI=1S/C16H17ClN2O4S2/c1-11-15(17)6-3-7-16(11)25(22,23)19-13-4-2-5-14(10-13)24(20,21)18-12-8-9-12/h2-7,10,12,18-19H,8-9H2,1H3. The van der Waals surface area contributed by atoms with Gasteiger partial charge in [0.15, 0.2) is 0 Å². The summed E-state index contributed by atoms with van der Waals surface area (Å²) in [5.74, 6) is 0. The summed E-state index contributed by atoms with van der Waals surface area (Å²) >= 11 is 5.98. The summed E-state index contributed by atoms with van der Waals surface area (Å²) in [5.41, 5.74) is 0.592. The average molecular weight is 401 g/mol. The molecule has 2 N–H and O–H groups in total. The van der Waals surface area contributed by atoms with Crippen LogP contribution in [0.5, 0.6) is 0 Å².